The Morgan fingerprint density at radius 3 is 2.78 bits per heavy atom. The molecule has 1 saturated heterocycles. The monoisotopic (exact) mass is 359 g/mol. The number of carbonyl (C=O) groups is 1. The lowest BCUT2D eigenvalue weighted by Gasteiger charge is -2.20. The molecule has 0 spiro atoms. The average Bonchev–Trinajstić information content (AvgIpc) is 3.01. The third-order valence-corrected chi connectivity index (χ3v) is 4.33. The highest BCUT2D eigenvalue weighted by atomic mass is 35.5. The third-order valence-electron chi connectivity index (χ3n) is 3.90. The Bertz CT molecular complexity index is 753. The summed E-state index contributed by atoms with van der Waals surface area (Å²) in [4.78, 5) is 19.4. The van der Waals surface area contributed by atoms with Crippen LogP contribution in [0.4, 0.5) is 0 Å². The molecule has 0 N–H and O–H groups in total. The first-order chi connectivity index (χ1) is 10.9. The van der Waals surface area contributed by atoms with Crippen LogP contribution in [0.25, 0.3) is 11.2 Å². The Morgan fingerprint density at radius 1 is 1.39 bits per heavy atom. The van der Waals surface area contributed by atoms with E-state index in [4.69, 9.17) is 32.7 Å². The van der Waals surface area contributed by atoms with Gasteiger partial charge in [-0.2, -0.15) is 9.67 Å². The molecule has 4 atom stereocenters. The van der Waals surface area contributed by atoms with Crippen LogP contribution in [-0.4, -0.2) is 43.1 Å². The van der Waals surface area contributed by atoms with Crippen molar-refractivity contribution in [1.29, 1.82) is 0 Å². The van der Waals surface area contributed by atoms with Gasteiger partial charge in [-0.05, 0) is 18.0 Å². The Morgan fingerprint density at radius 2 is 2.13 bits per heavy atom. The fourth-order valence-corrected chi connectivity index (χ4v) is 3.23. The molecule has 0 saturated carbocycles. The minimum Gasteiger partial charge on any atom is -0.457 e. The van der Waals surface area contributed by atoms with Gasteiger partial charge in [0.05, 0.1) is 6.10 Å². The van der Waals surface area contributed by atoms with Crippen molar-refractivity contribution in [3.63, 3.8) is 0 Å². The Hall–Kier alpha value is -1.51. The molecule has 2 aromatic heterocycles. The van der Waals surface area contributed by atoms with Crippen LogP contribution in [0.3, 0.4) is 0 Å². The quantitative estimate of drug-likeness (QED) is 0.471. The third kappa shape index (κ3) is 2.86. The molecule has 1 aliphatic heterocycles. The lowest BCUT2D eigenvalue weighted by atomic mass is 9.98. The zero-order valence-electron chi connectivity index (χ0n) is 12.7. The highest BCUT2D eigenvalue weighted by molar-refractivity contribution is 6.35. The predicted molar refractivity (Wildman–Crippen MR) is 82.1 cm³/mol. The number of ether oxygens (including phenoxy) is 2. The molecule has 3 rings (SSSR count). The smallest absolute Gasteiger partial charge is 0.303 e. The van der Waals surface area contributed by atoms with Crippen LogP contribution in [-0.2, 0) is 14.3 Å². The zero-order chi connectivity index (χ0) is 16.7. The summed E-state index contributed by atoms with van der Waals surface area (Å²) < 4.78 is 12.9. The standard InChI is InChI=1S/C13H15Cl2N5O3/c1-4-7-5(2)9(22-6(3)21)12(23-7)20-11-8(18-19-20)10(14)16-13(15)17-11/h5,7,9,12H,4H2,1-3H3/t5-,7-,9?,12-/m1/s1. The van der Waals surface area contributed by atoms with Gasteiger partial charge in [-0.1, -0.05) is 30.7 Å². The van der Waals surface area contributed by atoms with E-state index < -0.39 is 12.3 Å². The molecule has 1 aliphatic rings. The summed E-state index contributed by atoms with van der Waals surface area (Å²) in [5.41, 5.74) is 0.648. The van der Waals surface area contributed by atoms with Gasteiger partial charge in [0.1, 0.15) is 0 Å². The van der Waals surface area contributed by atoms with Crippen molar-refractivity contribution in [1.82, 2.24) is 25.0 Å². The second-order valence-corrected chi connectivity index (χ2v) is 6.09. The molecule has 10 heteroatoms. The topological polar surface area (TPSA) is 92.0 Å². The Kier molecular flexibility index (Phi) is 4.39. The van der Waals surface area contributed by atoms with E-state index in [-0.39, 0.29) is 28.4 Å². The van der Waals surface area contributed by atoms with Crippen LogP contribution in [0.5, 0.6) is 0 Å². The number of rotatable bonds is 3. The van der Waals surface area contributed by atoms with Crippen molar-refractivity contribution in [2.75, 3.05) is 0 Å². The van der Waals surface area contributed by atoms with Gasteiger partial charge in [-0.25, -0.2) is 4.98 Å². The molecular formula is C13H15Cl2N5O3. The molecule has 0 radical (unpaired) electrons. The van der Waals surface area contributed by atoms with E-state index in [1.807, 2.05) is 13.8 Å². The molecule has 8 nitrogen and oxygen atoms in total. The number of esters is 1. The summed E-state index contributed by atoms with van der Waals surface area (Å²) in [5, 5.41) is 8.10. The fraction of sp³-hybridized carbons (Fsp3) is 0.615. The van der Waals surface area contributed by atoms with Gasteiger partial charge < -0.3 is 9.47 Å². The first kappa shape index (κ1) is 16.4. The summed E-state index contributed by atoms with van der Waals surface area (Å²) in [6, 6.07) is 0. The number of carbonyl (C=O) groups excluding carboxylic acids is 1. The summed E-state index contributed by atoms with van der Waals surface area (Å²) in [5.74, 6) is -0.386. The normalized spacial score (nSPS) is 27.5. The van der Waals surface area contributed by atoms with Gasteiger partial charge in [0, 0.05) is 12.8 Å². The lowest BCUT2D eigenvalue weighted by Crippen LogP contribution is -2.30. The van der Waals surface area contributed by atoms with Crippen molar-refractivity contribution < 1.29 is 14.3 Å². The second-order valence-electron chi connectivity index (χ2n) is 5.40. The first-order valence-corrected chi connectivity index (χ1v) is 7.94. The molecule has 2 aromatic rings. The maximum absolute atomic E-state index is 11.4. The average molecular weight is 360 g/mol. The van der Waals surface area contributed by atoms with E-state index in [1.165, 1.54) is 11.6 Å². The van der Waals surface area contributed by atoms with Crippen LogP contribution in [0.15, 0.2) is 0 Å². The van der Waals surface area contributed by atoms with Crippen molar-refractivity contribution in [3.05, 3.63) is 10.4 Å². The van der Waals surface area contributed by atoms with Gasteiger partial charge in [0.15, 0.2) is 28.6 Å². The Labute approximate surface area is 142 Å². The molecule has 124 valence electrons. The SMILES string of the molecule is CC[C@H]1O[C@@H](n2nnc3c(Cl)nc(Cl)nc32)C(OC(C)=O)[C@@H]1C. The largest absolute Gasteiger partial charge is 0.457 e. The van der Waals surface area contributed by atoms with E-state index in [0.29, 0.717) is 11.2 Å². The number of halogens is 2. The second kappa shape index (κ2) is 6.18. The fourth-order valence-electron chi connectivity index (χ4n) is 2.82. The molecule has 1 fully saturated rings. The number of aromatic nitrogens is 5. The summed E-state index contributed by atoms with van der Waals surface area (Å²) in [6.45, 7) is 5.33. The number of hydrogen-bond acceptors (Lipinski definition) is 7. The van der Waals surface area contributed by atoms with Gasteiger partial charge >= 0.3 is 5.97 Å². The number of hydrogen-bond donors (Lipinski definition) is 0. The Balaban J connectivity index is 2.06. The molecule has 3 heterocycles. The molecule has 23 heavy (non-hydrogen) atoms. The summed E-state index contributed by atoms with van der Waals surface area (Å²) in [7, 11) is 0. The summed E-state index contributed by atoms with van der Waals surface area (Å²) >= 11 is 11.9. The van der Waals surface area contributed by atoms with Crippen LogP contribution in [0, 0.1) is 5.92 Å². The van der Waals surface area contributed by atoms with Gasteiger partial charge in [-0.3, -0.25) is 4.79 Å². The molecule has 0 aromatic carbocycles. The van der Waals surface area contributed by atoms with Gasteiger partial charge in [0.2, 0.25) is 5.28 Å². The highest BCUT2D eigenvalue weighted by Crippen LogP contribution is 2.38. The van der Waals surface area contributed by atoms with E-state index in [1.54, 1.807) is 0 Å². The highest BCUT2D eigenvalue weighted by Gasteiger charge is 2.45. The molecule has 0 bridgehead atoms. The van der Waals surface area contributed by atoms with E-state index >= 15 is 0 Å². The summed E-state index contributed by atoms with van der Waals surface area (Å²) in [6.07, 6.45) is -0.449. The van der Waals surface area contributed by atoms with E-state index in [9.17, 15) is 4.79 Å². The number of fused-ring (bicyclic) bond motifs is 1. The van der Waals surface area contributed by atoms with Crippen molar-refractivity contribution >= 4 is 40.3 Å². The minimum absolute atomic E-state index is 0.000862. The van der Waals surface area contributed by atoms with E-state index in [2.05, 4.69) is 20.3 Å². The van der Waals surface area contributed by atoms with Gasteiger partial charge in [0.25, 0.3) is 0 Å². The predicted octanol–water partition coefficient (Wildman–Crippen LogP) is 2.40. The lowest BCUT2D eigenvalue weighted by molar-refractivity contribution is -0.154. The maximum atomic E-state index is 11.4. The van der Waals surface area contributed by atoms with Crippen LogP contribution in [0.1, 0.15) is 33.4 Å². The number of nitrogens with zero attached hydrogens (tertiary/aromatic N) is 5. The molecular weight excluding hydrogens is 345 g/mol. The maximum Gasteiger partial charge on any atom is 0.303 e. The van der Waals surface area contributed by atoms with Crippen molar-refractivity contribution in [3.8, 4) is 0 Å². The van der Waals surface area contributed by atoms with Crippen LogP contribution < -0.4 is 0 Å². The zero-order valence-corrected chi connectivity index (χ0v) is 14.2. The molecule has 1 unspecified atom stereocenters. The van der Waals surface area contributed by atoms with Crippen LogP contribution >= 0.6 is 23.2 Å². The minimum atomic E-state index is -0.647. The van der Waals surface area contributed by atoms with Crippen molar-refractivity contribution in [2.45, 2.75) is 45.6 Å². The molecule has 0 amide bonds. The first-order valence-electron chi connectivity index (χ1n) is 7.19. The van der Waals surface area contributed by atoms with E-state index in [0.717, 1.165) is 6.42 Å². The molecule has 0 aliphatic carbocycles. The van der Waals surface area contributed by atoms with Gasteiger partial charge in [-0.15, -0.1) is 5.10 Å². The van der Waals surface area contributed by atoms with Crippen molar-refractivity contribution in [2.24, 2.45) is 5.92 Å². The van der Waals surface area contributed by atoms with Crippen LogP contribution in [0.2, 0.25) is 10.4 Å².